The van der Waals surface area contributed by atoms with Gasteiger partial charge in [-0.05, 0) is 58.1 Å². The first kappa shape index (κ1) is 35.1. The Morgan fingerprint density at radius 3 is 0.955 bits per heavy atom. The van der Waals surface area contributed by atoms with Gasteiger partial charge in [0.2, 0.25) is 0 Å². The number of nitrogens with zero attached hydrogens (tertiary/aromatic N) is 2. The number of para-hydroxylation sites is 4. The van der Waals surface area contributed by atoms with E-state index in [4.69, 9.17) is 9.98 Å². The zero-order chi connectivity index (χ0) is 33.0. The quantitative estimate of drug-likeness (QED) is 0.201. The molecule has 0 amide bonds. The van der Waals surface area contributed by atoms with Crippen molar-refractivity contribution >= 4 is 34.4 Å². The maximum atomic E-state index is 5.41. The molecule has 0 fully saturated rings. The summed E-state index contributed by atoms with van der Waals surface area (Å²) in [6, 6.07) is 21.6. The van der Waals surface area contributed by atoms with Gasteiger partial charge >= 0.3 is 0 Å². The van der Waals surface area contributed by atoms with Crippen LogP contribution in [0.5, 0.6) is 0 Å². The van der Waals surface area contributed by atoms with Gasteiger partial charge < -0.3 is 10.6 Å². The van der Waals surface area contributed by atoms with Crippen molar-refractivity contribution in [3.8, 4) is 0 Å². The van der Waals surface area contributed by atoms with Crippen molar-refractivity contribution in [3.05, 3.63) is 82.9 Å². The van der Waals surface area contributed by atoms with E-state index in [1.165, 1.54) is 22.3 Å². The summed E-state index contributed by atoms with van der Waals surface area (Å²) in [5.74, 6) is 3.36. The minimum absolute atomic E-state index is 0.214. The Balaban J connectivity index is 2.18. The fourth-order valence-corrected chi connectivity index (χ4v) is 5.23. The van der Waals surface area contributed by atoms with Gasteiger partial charge in [0.15, 0.2) is 0 Å². The average Bonchev–Trinajstić information content (AvgIpc) is 2.91. The lowest BCUT2D eigenvalue weighted by Crippen LogP contribution is -2.31. The predicted octanol–water partition coefficient (Wildman–Crippen LogP) is 12.6. The van der Waals surface area contributed by atoms with Crippen LogP contribution in [0, 0.1) is 10.8 Å². The van der Waals surface area contributed by atoms with Gasteiger partial charge in [0.1, 0.15) is 11.7 Å². The second-order valence-electron chi connectivity index (χ2n) is 15.4. The van der Waals surface area contributed by atoms with Crippen molar-refractivity contribution in [1.82, 2.24) is 0 Å². The van der Waals surface area contributed by atoms with E-state index < -0.39 is 0 Å². The molecule has 0 bridgehead atoms. The molecule has 0 heterocycles. The lowest BCUT2D eigenvalue weighted by atomic mass is 9.91. The molecule has 0 unspecified atom stereocenters. The first-order valence-electron chi connectivity index (χ1n) is 16.5. The lowest BCUT2D eigenvalue weighted by Gasteiger charge is -2.28. The Morgan fingerprint density at radius 2 is 0.727 bits per heavy atom. The van der Waals surface area contributed by atoms with Crippen LogP contribution in [-0.2, 0) is 0 Å². The minimum Gasteiger partial charge on any atom is -0.342 e. The standard InChI is InChI=1S/C40H58N4/c1-25(2)29-19-17-20-30(26(3)4)35(29)43-37(39(9,10)11)41-33-23-15-16-24-34(33)42-38(40(12,13)14)44-36-31(27(5)6)21-18-22-32(36)28(7)8/h15-28H,1-14H3,(H,41,43)(H,42,44). The number of benzene rings is 3. The first-order valence-corrected chi connectivity index (χ1v) is 16.5. The van der Waals surface area contributed by atoms with E-state index in [-0.39, 0.29) is 10.8 Å². The van der Waals surface area contributed by atoms with Crippen LogP contribution in [0.2, 0.25) is 0 Å². The van der Waals surface area contributed by atoms with Crippen molar-refractivity contribution in [2.45, 2.75) is 121 Å². The van der Waals surface area contributed by atoms with Crippen LogP contribution < -0.4 is 10.6 Å². The molecule has 0 aliphatic carbocycles. The monoisotopic (exact) mass is 594 g/mol. The maximum Gasteiger partial charge on any atom is 0.112 e. The topological polar surface area (TPSA) is 48.8 Å². The predicted molar refractivity (Wildman–Crippen MR) is 196 cm³/mol. The summed E-state index contributed by atoms with van der Waals surface area (Å²) in [4.78, 5) is 10.8. The molecule has 0 saturated carbocycles. The molecule has 0 radical (unpaired) electrons. The molecule has 2 N–H and O–H groups in total. The summed E-state index contributed by atoms with van der Waals surface area (Å²) in [6.45, 7) is 31.3. The van der Waals surface area contributed by atoms with Gasteiger partial charge in [-0.15, -0.1) is 0 Å². The van der Waals surface area contributed by atoms with Crippen molar-refractivity contribution in [2.24, 2.45) is 20.8 Å². The van der Waals surface area contributed by atoms with Crippen molar-refractivity contribution in [3.63, 3.8) is 0 Å². The number of rotatable bonds is 8. The molecule has 3 aromatic rings. The zero-order valence-electron chi connectivity index (χ0n) is 30.0. The fourth-order valence-electron chi connectivity index (χ4n) is 5.23. The van der Waals surface area contributed by atoms with Gasteiger partial charge in [0, 0.05) is 10.8 Å². The number of hydrogen-bond acceptors (Lipinski definition) is 2. The van der Waals surface area contributed by atoms with Crippen LogP contribution in [0.15, 0.2) is 70.6 Å². The van der Waals surface area contributed by atoms with Crippen LogP contribution in [0.4, 0.5) is 22.7 Å². The summed E-state index contributed by atoms with van der Waals surface area (Å²) in [5.41, 5.74) is 8.81. The van der Waals surface area contributed by atoms with Gasteiger partial charge in [-0.2, -0.15) is 0 Å². The summed E-state index contributed by atoms with van der Waals surface area (Å²) >= 11 is 0. The Bertz CT molecular complexity index is 1310. The summed E-state index contributed by atoms with van der Waals surface area (Å²) in [5, 5.41) is 7.56. The molecule has 0 aliphatic rings. The van der Waals surface area contributed by atoms with E-state index in [9.17, 15) is 0 Å². The molecule has 4 heteroatoms. The molecule has 0 spiro atoms. The molecule has 3 rings (SSSR count). The van der Waals surface area contributed by atoms with Crippen molar-refractivity contribution in [2.75, 3.05) is 10.6 Å². The third kappa shape index (κ3) is 8.61. The van der Waals surface area contributed by atoms with Crippen LogP contribution in [0.3, 0.4) is 0 Å². The number of anilines is 2. The summed E-state index contributed by atoms with van der Waals surface area (Å²) in [7, 11) is 0. The minimum atomic E-state index is -0.214. The highest BCUT2D eigenvalue weighted by molar-refractivity contribution is 6.07. The molecule has 3 aromatic carbocycles. The number of hydrogen-bond donors (Lipinski definition) is 2. The van der Waals surface area contributed by atoms with E-state index in [0.717, 1.165) is 34.4 Å². The largest absolute Gasteiger partial charge is 0.342 e. The Morgan fingerprint density at radius 1 is 0.455 bits per heavy atom. The van der Waals surface area contributed by atoms with E-state index >= 15 is 0 Å². The molecular formula is C40H58N4. The van der Waals surface area contributed by atoms with E-state index in [1.807, 2.05) is 0 Å². The molecule has 0 aliphatic heterocycles. The third-order valence-electron chi connectivity index (χ3n) is 7.99. The van der Waals surface area contributed by atoms with Crippen LogP contribution in [0.25, 0.3) is 0 Å². The Kier molecular flexibility index (Phi) is 11.3. The van der Waals surface area contributed by atoms with Crippen molar-refractivity contribution < 1.29 is 0 Å². The smallest absolute Gasteiger partial charge is 0.112 e. The van der Waals surface area contributed by atoms with E-state index in [2.05, 4.69) is 168 Å². The van der Waals surface area contributed by atoms with Gasteiger partial charge in [-0.3, -0.25) is 0 Å². The van der Waals surface area contributed by atoms with E-state index in [0.29, 0.717) is 23.7 Å². The first-order chi connectivity index (χ1) is 20.4. The highest BCUT2D eigenvalue weighted by atomic mass is 15.1. The number of nitrogens with one attached hydrogen (secondary N) is 2. The van der Waals surface area contributed by atoms with Gasteiger partial charge in [0.05, 0.1) is 22.7 Å². The highest BCUT2D eigenvalue weighted by Gasteiger charge is 2.25. The molecule has 0 atom stereocenters. The molecule has 0 aromatic heterocycles. The molecule has 44 heavy (non-hydrogen) atoms. The van der Waals surface area contributed by atoms with Gasteiger partial charge in [-0.1, -0.05) is 145 Å². The Labute approximate surface area is 268 Å². The summed E-state index contributed by atoms with van der Waals surface area (Å²) < 4.78 is 0. The van der Waals surface area contributed by atoms with Crippen LogP contribution in [-0.4, -0.2) is 11.7 Å². The summed E-state index contributed by atoms with van der Waals surface area (Å²) in [6.07, 6.45) is 0. The SMILES string of the molecule is CC(C)c1cccc(C(C)C)c1N=C(Nc1ccccc1NC(=Nc1c(C(C)C)cccc1C(C)C)C(C)(C)C)C(C)(C)C. The lowest BCUT2D eigenvalue weighted by molar-refractivity contribution is 0.588. The maximum absolute atomic E-state index is 5.41. The molecule has 0 saturated heterocycles. The van der Waals surface area contributed by atoms with Crippen LogP contribution in [0.1, 0.15) is 143 Å². The molecule has 4 nitrogen and oxygen atoms in total. The molecular weight excluding hydrogens is 536 g/mol. The van der Waals surface area contributed by atoms with Crippen molar-refractivity contribution in [1.29, 1.82) is 0 Å². The van der Waals surface area contributed by atoms with Gasteiger partial charge in [-0.25, -0.2) is 9.98 Å². The van der Waals surface area contributed by atoms with E-state index in [1.54, 1.807) is 0 Å². The number of amidine groups is 2. The zero-order valence-corrected chi connectivity index (χ0v) is 30.0. The second kappa shape index (κ2) is 14.1. The number of aliphatic imine (C=N–C) groups is 2. The fraction of sp³-hybridized carbons (Fsp3) is 0.500. The van der Waals surface area contributed by atoms with Crippen LogP contribution >= 0.6 is 0 Å². The second-order valence-corrected chi connectivity index (χ2v) is 15.4. The Hall–Kier alpha value is -3.40. The van der Waals surface area contributed by atoms with Gasteiger partial charge in [0.25, 0.3) is 0 Å². The third-order valence-corrected chi connectivity index (χ3v) is 7.99. The molecule has 238 valence electrons. The normalized spacial score (nSPS) is 13.4. The highest BCUT2D eigenvalue weighted by Crippen LogP contribution is 2.39. The average molecular weight is 595 g/mol.